The van der Waals surface area contributed by atoms with Gasteiger partial charge in [0.05, 0.1) is 0 Å². The van der Waals surface area contributed by atoms with Crippen molar-refractivity contribution in [2.75, 3.05) is 26.2 Å². The quantitative estimate of drug-likeness (QED) is 0.190. The van der Waals surface area contributed by atoms with E-state index in [4.69, 9.17) is 9.97 Å². The maximum atomic E-state index is 14.2. The Hall–Kier alpha value is -3.69. The van der Waals surface area contributed by atoms with Crippen LogP contribution in [-0.2, 0) is 4.79 Å². The molecule has 2 aromatic carbocycles. The first-order valence-electron chi connectivity index (χ1n) is 16.6. The van der Waals surface area contributed by atoms with Gasteiger partial charge >= 0.3 is 0 Å². The highest BCUT2D eigenvalue weighted by atomic mass is 32.1. The number of benzene rings is 2. The van der Waals surface area contributed by atoms with Crippen LogP contribution < -0.4 is 0 Å². The molecule has 0 aliphatic carbocycles. The third-order valence-corrected chi connectivity index (χ3v) is 11.2. The minimum atomic E-state index is -0.399. The van der Waals surface area contributed by atoms with Crippen molar-refractivity contribution in [3.05, 3.63) is 81.8 Å². The first kappa shape index (κ1) is 32.3. The van der Waals surface area contributed by atoms with Gasteiger partial charge in [0.25, 0.3) is 11.8 Å². The van der Waals surface area contributed by atoms with Gasteiger partial charge in [-0.15, -0.1) is 22.7 Å². The van der Waals surface area contributed by atoms with Gasteiger partial charge in [0.15, 0.2) is 0 Å². The zero-order valence-corrected chi connectivity index (χ0v) is 28.4. The second-order valence-electron chi connectivity index (χ2n) is 12.5. The average Bonchev–Trinajstić information content (AvgIpc) is 3.61. The molecule has 6 rings (SSSR count). The van der Waals surface area contributed by atoms with Crippen LogP contribution in [0.1, 0.15) is 109 Å². The summed E-state index contributed by atoms with van der Waals surface area (Å²) in [4.78, 5) is 54.1. The Bertz CT molecular complexity index is 1560. The summed E-state index contributed by atoms with van der Waals surface area (Å²) in [5.41, 5.74) is 4.55. The van der Waals surface area contributed by atoms with Gasteiger partial charge in [0.1, 0.15) is 27.2 Å². The first-order valence-corrected chi connectivity index (χ1v) is 18.4. The van der Waals surface area contributed by atoms with Gasteiger partial charge in [0.2, 0.25) is 0 Å². The molecule has 0 radical (unpaired) electrons. The zero-order chi connectivity index (χ0) is 32.0. The number of likely N-dealkylation sites (tertiary alicyclic amines) is 2. The van der Waals surface area contributed by atoms with Crippen molar-refractivity contribution < 1.29 is 14.4 Å². The molecular weight excluding hydrogens is 613 g/mol. The summed E-state index contributed by atoms with van der Waals surface area (Å²) in [6.07, 6.45) is 8.80. The number of carbonyl (C=O) groups excluding carboxylic acids is 3. The number of ketones is 1. The lowest BCUT2D eigenvalue weighted by Gasteiger charge is -2.21. The fourth-order valence-corrected chi connectivity index (χ4v) is 8.36. The molecule has 240 valence electrons. The summed E-state index contributed by atoms with van der Waals surface area (Å²) < 4.78 is 0. The fraction of sp³-hybridized carbons (Fsp3) is 0.432. The summed E-state index contributed by atoms with van der Waals surface area (Å²) in [6, 6.07) is 15.8. The van der Waals surface area contributed by atoms with E-state index in [9.17, 15) is 14.4 Å². The fourth-order valence-electron chi connectivity index (χ4n) is 6.68. The van der Waals surface area contributed by atoms with Crippen molar-refractivity contribution in [2.45, 2.75) is 77.0 Å². The largest absolute Gasteiger partial charge is 0.337 e. The van der Waals surface area contributed by atoms with Crippen molar-refractivity contribution in [2.24, 2.45) is 0 Å². The van der Waals surface area contributed by atoms with Crippen LogP contribution in [0.15, 0.2) is 59.3 Å². The number of rotatable bonds is 8. The van der Waals surface area contributed by atoms with Gasteiger partial charge in [0, 0.05) is 59.9 Å². The molecule has 2 amide bonds. The van der Waals surface area contributed by atoms with Crippen LogP contribution in [0.25, 0.3) is 21.1 Å². The monoisotopic (exact) mass is 654 g/mol. The molecule has 2 fully saturated rings. The number of amides is 2. The van der Waals surface area contributed by atoms with Crippen LogP contribution in [0.5, 0.6) is 0 Å². The van der Waals surface area contributed by atoms with E-state index in [1.807, 2.05) is 82.9 Å². The maximum Gasteiger partial charge on any atom is 0.273 e. The summed E-state index contributed by atoms with van der Waals surface area (Å²) in [5, 5.41) is 5.21. The third kappa shape index (κ3) is 7.00. The van der Waals surface area contributed by atoms with Gasteiger partial charge < -0.3 is 9.80 Å². The Balaban J connectivity index is 1.21. The van der Waals surface area contributed by atoms with Crippen molar-refractivity contribution in [1.29, 1.82) is 0 Å². The molecule has 46 heavy (non-hydrogen) atoms. The zero-order valence-electron chi connectivity index (χ0n) is 26.7. The predicted molar refractivity (Wildman–Crippen MR) is 186 cm³/mol. The van der Waals surface area contributed by atoms with Crippen LogP contribution in [0.3, 0.4) is 0 Å². The molecule has 4 heterocycles. The van der Waals surface area contributed by atoms with Crippen LogP contribution in [0.4, 0.5) is 0 Å². The Morgan fingerprint density at radius 3 is 1.35 bits per heavy atom. The second-order valence-corrected chi connectivity index (χ2v) is 14.2. The average molecular weight is 655 g/mol. The predicted octanol–water partition coefficient (Wildman–Crippen LogP) is 8.44. The minimum absolute atomic E-state index is 0.00490. The lowest BCUT2D eigenvalue weighted by atomic mass is 9.83. The van der Waals surface area contributed by atoms with Crippen LogP contribution in [0.2, 0.25) is 0 Å². The van der Waals surface area contributed by atoms with Crippen molar-refractivity contribution in [3.63, 3.8) is 0 Å². The summed E-state index contributed by atoms with van der Waals surface area (Å²) in [6.45, 7) is 7.04. The number of thiazole rings is 2. The van der Waals surface area contributed by atoms with E-state index >= 15 is 0 Å². The highest BCUT2D eigenvalue weighted by Gasteiger charge is 2.29. The molecule has 0 bridgehead atoms. The molecule has 2 atom stereocenters. The molecule has 2 saturated heterocycles. The summed E-state index contributed by atoms with van der Waals surface area (Å²) in [5.74, 6) is -0.715. The third-order valence-electron chi connectivity index (χ3n) is 9.40. The van der Waals surface area contributed by atoms with E-state index in [1.54, 1.807) is 0 Å². The van der Waals surface area contributed by atoms with E-state index in [0.717, 1.165) is 110 Å². The van der Waals surface area contributed by atoms with E-state index in [0.29, 0.717) is 11.4 Å². The molecule has 0 spiro atoms. The van der Waals surface area contributed by atoms with Crippen molar-refractivity contribution in [3.8, 4) is 21.1 Å². The van der Waals surface area contributed by atoms with Gasteiger partial charge in [-0.25, -0.2) is 9.97 Å². The normalized spacial score (nSPS) is 17.2. The number of nitrogens with zero attached hydrogens (tertiary/aromatic N) is 4. The smallest absolute Gasteiger partial charge is 0.273 e. The number of aromatic nitrogens is 2. The molecule has 4 aromatic rings. The summed E-state index contributed by atoms with van der Waals surface area (Å²) in [7, 11) is 0. The topological polar surface area (TPSA) is 83.5 Å². The molecule has 0 saturated carbocycles. The van der Waals surface area contributed by atoms with Gasteiger partial charge in [-0.3, -0.25) is 14.4 Å². The van der Waals surface area contributed by atoms with Crippen molar-refractivity contribution in [1.82, 2.24) is 19.8 Å². The number of hydrogen-bond acceptors (Lipinski definition) is 7. The lowest BCUT2D eigenvalue weighted by molar-refractivity contribution is -0.121. The standard InChI is InChI=1S/C37H42N4O3S2/c1-25(27-15-7-9-17-29(27)34-38-31(23-45-34)36(43)40-19-11-3-4-12-20-40)33(42)26(2)28-16-8-10-18-30(28)35-39-32(24-46-35)37(44)41-21-13-5-6-14-22-41/h7-10,15-18,23-26H,3-6,11-14,19-22H2,1-2H3. The highest BCUT2D eigenvalue weighted by molar-refractivity contribution is 7.13. The number of carbonyl (C=O) groups is 3. The molecule has 9 heteroatoms. The Morgan fingerprint density at radius 2 is 0.957 bits per heavy atom. The minimum Gasteiger partial charge on any atom is -0.337 e. The first-order chi connectivity index (χ1) is 22.4. The Kier molecular flexibility index (Phi) is 10.4. The van der Waals surface area contributed by atoms with E-state index in [2.05, 4.69) is 0 Å². The van der Waals surface area contributed by atoms with E-state index < -0.39 is 11.8 Å². The van der Waals surface area contributed by atoms with Crippen LogP contribution in [-0.4, -0.2) is 63.5 Å². The van der Waals surface area contributed by atoms with Crippen LogP contribution >= 0.6 is 22.7 Å². The molecule has 2 unspecified atom stereocenters. The molecule has 0 N–H and O–H groups in total. The van der Waals surface area contributed by atoms with Crippen LogP contribution in [0, 0.1) is 0 Å². The summed E-state index contributed by atoms with van der Waals surface area (Å²) >= 11 is 2.91. The van der Waals surface area contributed by atoms with Crippen molar-refractivity contribution >= 4 is 40.3 Å². The van der Waals surface area contributed by atoms with Gasteiger partial charge in [-0.05, 0) is 36.8 Å². The molecular formula is C37H42N4O3S2. The number of hydrogen-bond donors (Lipinski definition) is 0. The SMILES string of the molecule is CC(C(=O)C(C)c1ccccc1-c1nc(C(=O)N2CCCCCC2)cs1)c1ccccc1-c1nc(C(=O)N2CCCCCC2)cs1. The van der Waals surface area contributed by atoms with Gasteiger partial charge in [-0.1, -0.05) is 88.1 Å². The molecule has 2 aromatic heterocycles. The molecule has 7 nitrogen and oxygen atoms in total. The molecule has 2 aliphatic heterocycles. The lowest BCUT2D eigenvalue weighted by Crippen LogP contribution is -2.32. The Morgan fingerprint density at radius 1 is 0.587 bits per heavy atom. The number of Topliss-reactive ketones (excluding diaryl/α,β-unsaturated/α-hetero) is 1. The maximum absolute atomic E-state index is 14.2. The second kappa shape index (κ2) is 14.8. The molecule has 2 aliphatic rings. The van der Waals surface area contributed by atoms with E-state index in [1.165, 1.54) is 22.7 Å². The Labute approximate surface area is 279 Å². The highest BCUT2D eigenvalue weighted by Crippen LogP contribution is 2.38. The van der Waals surface area contributed by atoms with Gasteiger partial charge in [-0.2, -0.15) is 0 Å². The van der Waals surface area contributed by atoms with E-state index in [-0.39, 0.29) is 17.6 Å².